The Balaban J connectivity index is 1.41. The molecule has 8 rings (SSSR count). The molecule has 0 aliphatic carbocycles. The fourth-order valence-corrected chi connectivity index (χ4v) is 6.47. The summed E-state index contributed by atoms with van der Waals surface area (Å²) in [7, 11) is 0. The zero-order chi connectivity index (χ0) is 32.5. The first-order valence-corrected chi connectivity index (χ1v) is 15.5. The molecular formula is C41H27FN6. The SMILES string of the molecule is N#Cc1ccc(-n2cnc3ccc(-c4cn(C(c5ccccc5)(c5ccccc5)c5ccccc5)nc4-c4ccc(F)cc4)cc32)nc1. The highest BCUT2D eigenvalue weighted by Gasteiger charge is 2.40. The number of pyridine rings is 1. The van der Waals surface area contributed by atoms with Crippen LogP contribution in [-0.4, -0.2) is 24.3 Å². The lowest BCUT2D eigenvalue weighted by atomic mass is 9.77. The van der Waals surface area contributed by atoms with Crippen LogP contribution in [0, 0.1) is 17.1 Å². The standard InChI is InChI=1S/C41H27FN6/c42-35-20-17-30(18-21-35)40-36(31-19-22-37-38(24-31)47(28-45-37)39-23-16-29(25-43)26-44-39)27-48(46-40)41(32-10-4-1-5-11-32,33-12-6-2-7-13-33)34-14-8-3-9-15-34/h1-24,26-28H. The minimum Gasteiger partial charge on any atom is -0.283 e. The lowest BCUT2D eigenvalue weighted by Crippen LogP contribution is -2.38. The zero-order valence-electron chi connectivity index (χ0n) is 25.6. The molecule has 0 unspecified atom stereocenters. The fraction of sp³-hybridized carbons (Fsp3) is 0.0244. The lowest BCUT2D eigenvalue weighted by molar-refractivity contribution is 0.461. The molecule has 0 bridgehead atoms. The van der Waals surface area contributed by atoms with E-state index in [2.05, 4.69) is 64.7 Å². The van der Waals surface area contributed by atoms with Crippen molar-refractivity contribution in [2.24, 2.45) is 0 Å². The van der Waals surface area contributed by atoms with Crippen LogP contribution in [0.4, 0.5) is 4.39 Å². The summed E-state index contributed by atoms with van der Waals surface area (Å²) in [6.07, 6.45) is 5.38. The highest BCUT2D eigenvalue weighted by Crippen LogP contribution is 2.43. The fourth-order valence-electron chi connectivity index (χ4n) is 6.47. The summed E-state index contributed by atoms with van der Waals surface area (Å²) in [5.74, 6) is 0.339. The Morgan fingerprint density at radius 1 is 0.646 bits per heavy atom. The van der Waals surface area contributed by atoms with Crippen molar-refractivity contribution in [1.82, 2.24) is 24.3 Å². The van der Waals surface area contributed by atoms with Crippen LogP contribution in [0.3, 0.4) is 0 Å². The summed E-state index contributed by atoms with van der Waals surface area (Å²) in [5.41, 5.74) is 7.71. The zero-order valence-corrected chi connectivity index (χ0v) is 25.6. The number of imidazole rings is 1. The first-order chi connectivity index (χ1) is 23.6. The maximum absolute atomic E-state index is 14.2. The number of rotatable bonds is 7. The van der Waals surface area contributed by atoms with Crippen molar-refractivity contribution in [3.63, 3.8) is 0 Å². The molecule has 8 aromatic rings. The summed E-state index contributed by atoms with van der Waals surface area (Å²) in [6.45, 7) is 0. The second-order valence-corrected chi connectivity index (χ2v) is 11.5. The van der Waals surface area contributed by atoms with Gasteiger partial charge in [-0.05, 0) is 70.8 Å². The smallest absolute Gasteiger partial charge is 0.138 e. The van der Waals surface area contributed by atoms with E-state index < -0.39 is 5.54 Å². The van der Waals surface area contributed by atoms with Gasteiger partial charge in [-0.2, -0.15) is 10.4 Å². The van der Waals surface area contributed by atoms with Crippen LogP contribution >= 0.6 is 0 Å². The molecule has 7 heteroatoms. The van der Waals surface area contributed by atoms with E-state index in [1.807, 2.05) is 82.0 Å². The van der Waals surface area contributed by atoms with E-state index in [1.165, 1.54) is 12.1 Å². The van der Waals surface area contributed by atoms with Crippen LogP contribution in [0.1, 0.15) is 22.3 Å². The van der Waals surface area contributed by atoms with Crippen molar-refractivity contribution in [2.75, 3.05) is 0 Å². The second-order valence-electron chi connectivity index (χ2n) is 11.5. The van der Waals surface area contributed by atoms with Gasteiger partial charge in [-0.3, -0.25) is 9.25 Å². The van der Waals surface area contributed by atoms with Gasteiger partial charge >= 0.3 is 0 Å². The summed E-state index contributed by atoms with van der Waals surface area (Å²) >= 11 is 0. The maximum Gasteiger partial charge on any atom is 0.138 e. The molecule has 0 saturated heterocycles. The van der Waals surface area contributed by atoms with E-state index in [4.69, 9.17) is 5.10 Å². The molecule has 0 aliphatic heterocycles. The number of benzene rings is 5. The molecule has 0 aliphatic rings. The van der Waals surface area contributed by atoms with E-state index in [0.29, 0.717) is 17.1 Å². The topological polar surface area (TPSA) is 72.3 Å². The molecule has 0 saturated carbocycles. The Labute approximate surface area is 276 Å². The summed E-state index contributed by atoms with van der Waals surface area (Å²) in [5, 5.41) is 14.7. The minimum absolute atomic E-state index is 0.313. The Morgan fingerprint density at radius 3 is 1.81 bits per heavy atom. The van der Waals surface area contributed by atoms with Crippen molar-refractivity contribution in [1.29, 1.82) is 5.26 Å². The van der Waals surface area contributed by atoms with Crippen LogP contribution < -0.4 is 0 Å². The largest absolute Gasteiger partial charge is 0.283 e. The average molecular weight is 623 g/mol. The van der Waals surface area contributed by atoms with E-state index >= 15 is 0 Å². The van der Waals surface area contributed by atoms with Crippen LogP contribution in [0.2, 0.25) is 0 Å². The quantitative estimate of drug-likeness (QED) is 0.167. The van der Waals surface area contributed by atoms with Crippen molar-refractivity contribution in [2.45, 2.75) is 5.54 Å². The van der Waals surface area contributed by atoms with E-state index in [9.17, 15) is 9.65 Å². The number of aromatic nitrogens is 5. The molecule has 3 aromatic heterocycles. The Morgan fingerprint density at radius 2 is 1.25 bits per heavy atom. The van der Waals surface area contributed by atoms with Gasteiger partial charge in [-0.1, -0.05) is 97.1 Å². The van der Waals surface area contributed by atoms with Crippen molar-refractivity contribution in [3.8, 4) is 34.3 Å². The molecule has 228 valence electrons. The third kappa shape index (κ3) is 4.84. The summed E-state index contributed by atoms with van der Waals surface area (Å²) in [4.78, 5) is 9.13. The highest BCUT2D eigenvalue weighted by molar-refractivity contribution is 5.88. The minimum atomic E-state index is -0.838. The second kappa shape index (κ2) is 11.9. The monoisotopic (exact) mass is 622 g/mol. The number of fused-ring (bicyclic) bond motifs is 1. The number of hydrogen-bond donors (Lipinski definition) is 0. The maximum atomic E-state index is 14.2. The number of nitrogens with zero attached hydrogens (tertiary/aromatic N) is 6. The van der Waals surface area contributed by atoms with Gasteiger partial charge in [0.05, 0.1) is 16.6 Å². The molecule has 0 atom stereocenters. The van der Waals surface area contributed by atoms with E-state index in [-0.39, 0.29) is 5.82 Å². The van der Waals surface area contributed by atoms with Crippen LogP contribution in [0.15, 0.2) is 164 Å². The van der Waals surface area contributed by atoms with Gasteiger partial charge in [0.15, 0.2) is 0 Å². The molecule has 0 spiro atoms. The van der Waals surface area contributed by atoms with Gasteiger partial charge in [0.1, 0.15) is 35.3 Å². The molecule has 0 N–H and O–H groups in total. The van der Waals surface area contributed by atoms with Crippen molar-refractivity contribution in [3.05, 3.63) is 192 Å². The van der Waals surface area contributed by atoms with E-state index in [1.54, 1.807) is 30.7 Å². The number of nitriles is 1. The predicted octanol–water partition coefficient (Wildman–Crippen LogP) is 8.80. The third-order valence-corrected chi connectivity index (χ3v) is 8.73. The Hall–Kier alpha value is -6.65. The van der Waals surface area contributed by atoms with Crippen LogP contribution in [0.25, 0.3) is 39.2 Å². The Kier molecular flexibility index (Phi) is 7.16. The normalized spacial score (nSPS) is 11.4. The van der Waals surface area contributed by atoms with Gasteiger partial charge in [0, 0.05) is 23.5 Å². The first-order valence-electron chi connectivity index (χ1n) is 15.5. The van der Waals surface area contributed by atoms with Crippen molar-refractivity contribution < 1.29 is 4.39 Å². The van der Waals surface area contributed by atoms with Gasteiger partial charge < -0.3 is 0 Å². The molecule has 0 amide bonds. The molecular weight excluding hydrogens is 595 g/mol. The molecule has 5 aromatic carbocycles. The van der Waals surface area contributed by atoms with Gasteiger partial charge in [0.2, 0.25) is 0 Å². The predicted molar refractivity (Wildman–Crippen MR) is 185 cm³/mol. The van der Waals surface area contributed by atoms with Crippen molar-refractivity contribution >= 4 is 11.0 Å². The highest BCUT2D eigenvalue weighted by atomic mass is 19.1. The van der Waals surface area contributed by atoms with Gasteiger partial charge in [-0.25, -0.2) is 14.4 Å². The lowest BCUT2D eigenvalue weighted by Gasteiger charge is -2.36. The summed E-state index contributed by atoms with van der Waals surface area (Å²) in [6, 6.07) is 49.4. The molecule has 0 fully saturated rings. The first kappa shape index (κ1) is 28.8. The third-order valence-electron chi connectivity index (χ3n) is 8.73. The molecule has 48 heavy (non-hydrogen) atoms. The average Bonchev–Trinajstić information content (AvgIpc) is 3.79. The molecule has 3 heterocycles. The molecule has 6 nitrogen and oxygen atoms in total. The number of hydrogen-bond acceptors (Lipinski definition) is 4. The van der Waals surface area contributed by atoms with Crippen LogP contribution in [0.5, 0.6) is 0 Å². The number of halogens is 1. The summed E-state index contributed by atoms with van der Waals surface area (Å²) < 4.78 is 18.2. The van der Waals surface area contributed by atoms with Crippen LogP contribution in [-0.2, 0) is 5.54 Å². The molecule has 0 radical (unpaired) electrons. The van der Waals surface area contributed by atoms with Gasteiger partial charge in [-0.15, -0.1) is 0 Å². The van der Waals surface area contributed by atoms with E-state index in [0.717, 1.165) is 44.4 Å². The van der Waals surface area contributed by atoms with Gasteiger partial charge in [0.25, 0.3) is 0 Å². The Bertz CT molecular complexity index is 2290.